The van der Waals surface area contributed by atoms with E-state index in [1.54, 1.807) is 11.4 Å². The number of sulfonamides is 1. The van der Waals surface area contributed by atoms with Gasteiger partial charge in [0.05, 0.1) is 12.8 Å². The summed E-state index contributed by atoms with van der Waals surface area (Å²) in [6, 6.07) is 1.49. The Bertz CT molecular complexity index is 489. The number of piperidine rings is 1. The monoisotopic (exact) mass is 302 g/mol. The second-order valence-corrected chi connectivity index (χ2v) is 6.74. The molecule has 2 rings (SSSR count). The first kappa shape index (κ1) is 15.4. The van der Waals surface area contributed by atoms with E-state index in [9.17, 15) is 8.42 Å². The summed E-state index contributed by atoms with van der Waals surface area (Å²) in [6.07, 6.45) is 4.31. The summed E-state index contributed by atoms with van der Waals surface area (Å²) in [4.78, 5) is 0. The van der Waals surface area contributed by atoms with E-state index in [1.807, 2.05) is 0 Å². The molecule has 1 saturated heterocycles. The highest BCUT2D eigenvalue weighted by molar-refractivity contribution is 7.89. The fraction of sp³-hybridized carbons (Fsp3) is 0.750. The van der Waals surface area contributed by atoms with Gasteiger partial charge in [-0.25, -0.2) is 8.42 Å². The lowest BCUT2D eigenvalue weighted by molar-refractivity contribution is 0.191. The summed E-state index contributed by atoms with van der Waals surface area (Å²) in [7, 11) is -1.82. The molecule has 0 aromatic carbocycles. The lowest BCUT2D eigenvalue weighted by Gasteiger charge is -2.34. The maximum atomic E-state index is 12.5. The smallest absolute Gasteiger partial charge is 0.260 e. The van der Waals surface area contributed by atoms with E-state index in [-0.39, 0.29) is 11.1 Å². The second-order valence-electron chi connectivity index (χ2n) is 4.88. The van der Waals surface area contributed by atoms with E-state index in [0.717, 1.165) is 25.8 Å². The zero-order valence-electron chi connectivity index (χ0n) is 11.7. The van der Waals surface area contributed by atoms with Crippen LogP contribution in [0.3, 0.4) is 0 Å². The van der Waals surface area contributed by atoms with Gasteiger partial charge < -0.3 is 10.1 Å². The van der Waals surface area contributed by atoms with Crippen molar-refractivity contribution in [1.29, 1.82) is 0 Å². The number of nitrogens with one attached hydrogen (secondary N) is 2. The van der Waals surface area contributed by atoms with Crippen molar-refractivity contribution < 1.29 is 13.2 Å². The zero-order valence-corrected chi connectivity index (χ0v) is 12.5. The first-order valence-electron chi connectivity index (χ1n) is 6.87. The molecule has 114 valence electrons. The van der Waals surface area contributed by atoms with Crippen molar-refractivity contribution >= 4 is 10.0 Å². The number of rotatable bonds is 7. The minimum atomic E-state index is -3.47. The third-order valence-electron chi connectivity index (χ3n) is 3.50. The fourth-order valence-corrected chi connectivity index (χ4v) is 4.05. The van der Waals surface area contributed by atoms with Crippen molar-refractivity contribution in [2.75, 3.05) is 33.4 Å². The fourth-order valence-electron chi connectivity index (χ4n) is 2.45. The van der Waals surface area contributed by atoms with Crippen molar-refractivity contribution in [2.45, 2.75) is 30.3 Å². The molecule has 2 heterocycles. The normalized spacial score (nSPS) is 21.1. The SMILES string of the molecule is COCCNCC1CCCCN1S(=O)(=O)c1ccn[nH]1. The highest BCUT2D eigenvalue weighted by Crippen LogP contribution is 2.23. The van der Waals surface area contributed by atoms with Crippen LogP contribution >= 0.6 is 0 Å². The Morgan fingerprint density at radius 2 is 2.40 bits per heavy atom. The standard InChI is InChI=1S/C12H22N4O3S/c1-19-9-7-13-10-11-4-2-3-8-16(11)20(17,18)12-5-6-14-15-12/h5-6,11,13H,2-4,7-10H2,1H3,(H,14,15). The predicted molar refractivity (Wildman–Crippen MR) is 74.9 cm³/mol. The molecule has 1 unspecified atom stereocenters. The van der Waals surface area contributed by atoms with E-state index >= 15 is 0 Å². The molecule has 0 bridgehead atoms. The van der Waals surface area contributed by atoms with Gasteiger partial charge in [-0.2, -0.15) is 9.40 Å². The number of methoxy groups -OCH3 is 1. The summed E-state index contributed by atoms with van der Waals surface area (Å²) in [6.45, 7) is 2.57. The quantitative estimate of drug-likeness (QED) is 0.702. The van der Waals surface area contributed by atoms with Crippen molar-refractivity contribution in [3.05, 3.63) is 12.3 Å². The van der Waals surface area contributed by atoms with E-state index in [1.165, 1.54) is 12.3 Å². The highest BCUT2D eigenvalue weighted by atomic mass is 32.2. The number of aromatic nitrogens is 2. The van der Waals surface area contributed by atoms with E-state index in [4.69, 9.17) is 4.74 Å². The molecule has 1 aromatic rings. The number of ether oxygens (including phenoxy) is 1. The largest absolute Gasteiger partial charge is 0.383 e. The minimum absolute atomic E-state index is 0.00564. The van der Waals surface area contributed by atoms with Crippen molar-refractivity contribution in [1.82, 2.24) is 19.8 Å². The number of hydrogen-bond acceptors (Lipinski definition) is 5. The van der Waals surface area contributed by atoms with Gasteiger partial charge in [0.2, 0.25) is 0 Å². The Morgan fingerprint density at radius 1 is 1.55 bits per heavy atom. The Balaban J connectivity index is 2.03. The molecule has 8 heteroatoms. The van der Waals surface area contributed by atoms with Gasteiger partial charge in [0, 0.05) is 32.8 Å². The van der Waals surface area contributed by atoms with Crippen LogP contribution in [0.2, 0.25) is 0 Å². The van der Waals surface area contributed by atoms with Gasteiger partial charge in [0.15, 0.2) is 5.03 Å². The number of aromatic amines is 1. The maximum Gasteiger partial charge on any atom is 0.260 e. The van der Waals surface area contributed by atoms with Gasteiger partial charge in [0.1, 0.15) is 0 Å². The molecule has 7 nitrogen and oxygen atoms in total. The molecule has 2 N–H and O–H groups in total. The van der Waals surface area contributed by atoms with Crippen LogP contribution in [-0.4, -0.2) is 62.3 Å². The van der Waals surface area contributed by atoms with Gasteiger partial charge >= 0.3 is 0 Å². The summed E-state index contributed by atoms with van der Waals surface area (Å²) >= 11 is 0. The molecule has 1 aromatic heterocycles. The lowest BCUT2D eigenvalue weighted by atomic mass is 10.1. The Kier molecular flexibility index (Phi) is 5.53. The third-order valence-corrected chi connectivity index (χ3v) is 5.38. The topological polar surface area (TPSA) is 87.3 Å². The van der Waals surface area contributed by atoms with Crippen LogP contribution < -0.4 is 5.32 Å². The molecule has 1 aliphatic rings. The van der Waals surface area contributed by atoms with Crippen LogP contribution in [0.5, 0.6) is 0 Å². The minimum Gasteiger partial charge on any atom is -0.383 e. The summed E-state index contributed by atoms with van der Waals surface area (Å²) < 4.78 is 31.7. The van der Waals surface area contributed by atoms with E-state index in [2.05, 4.69) is 15.5 Å². The van der Waals surface area contributed by atoms with Gasteiger partial charge in [-0.3, -0.25) is 5.10 Å². The molecule has 0 spiro atoms. The molecule has 1 atom stereocenters. The second kappa shape index (κ2) is 7.16. The van der Waals surface area contributed by atoms with Gasteiger partial charge in [-0.1, -0.05) is 6.42 Å². The number of hydrogen-bond donors (Lipinski definition) is 2. The molecular weight excluding hydrogens is 280 g/mol. The van der Waals surface area contributed by atoms with Crippen LogP contribution in [0.15, 0.2) is 17.3 Å². The average Bonchev–Trinajstić information content (AvgIpc) is 2.99. The molecule has 1 aliphatic heterocycles. The Morgan fingerprint density at radius 3 is 3.10 bits per heavy atom. The number of nitrogens with zero attached hydrogens (tertiary/aromatic N) is 2. The molecule has 0 radical (unpaired) electrons. The van der Waals surface area contributed by atoms with E-state index in [0.29, 0.717) is 19.7 Å². The molecule has 0 amide bonds. The average molecular weight is 302 g/mol. The number of H-pyrrole nitrogens is 1. The van der Waals surface area contributed by atoms with Crippen LogP contribution in [0.1, 0.15) is 19.3 Å². The molecule has 1 fully saturated rings. The maximum absolute atomic E-state index is 12.5. The first-order valence-corrected chi connectivity index (χ1v) is 8.31. The van der Waals surface area contributed by atoms with Crippen LogP contribution in [-0.2, 0) is 14.8 Å². The Hall–Kier alpha value is -0.960. The molecule has 20 heavy (non-hydrogen) atoms. The van der Waals surface area contributed by atoms with Crippen LogP contribution in [0.25, 0.3) is 0 Å². The van der Waals surface area contributed by atoms with Crippen molar-refractivity contribution in [3.63, 3.8) is 0 Å². The Labute approximate surface area is 119 Å². The van der Waals surface area contributed by atoms with Crippen LogP contribution in [0, 0.1) is 0 Å². The predicted octanol–water partition coefficient (Wildman–Crippen LogP) is 0.189. The highest BCUT2D eigenvalue weighted by Gasteiger charge is 2.33. The molecule has 0 saturated carbocycles. The van der Waals surface area contributed by atoms with Crippen molar-refractivity contribution in [3.8, 4) is 0 Å². The summed E-state index contributed by atoms with van der Waals surface area (Å²) in [5, 5.41) is 9.70. The van der Waals surface area contributed by atoms with Gasteiger partial charge in [-0.05, 0) is 18.9 Å². The third kappa shape index (κ3) is 3.57. The van der Waals surface area contributed by atoms with E-state index < -0.39 is 10.0 Å². The molecule has 0 aliphatic carbocycles. The lowest BCUT2D eigenvalue weighted by Crippen LogP contribution is -2.48. The van der Waals surface area contributed by atoms with Gasteiger partial charge in [0.25, 0.3) is 10.0 Å². The summed E-state index contributed by atoms with van der Waals surface area (Å²) in [5.41, 5.74) is 0. The first-order chi connectivity index (χ1) is 9.66. The zero-order chi connectivity index (χ0) is 14.4. The molecular formula is C12H22N4O3S. The summed E-state index contributed by atoms with van der Waals surface area (Å²) in [5.74, 6) is 0. The van der Waals surface area contributed by atoms with Crippen molar-refractivity contribution in [2.24, 2.45) is 0 Å². The van der Waals surface area contributed by atoms with Gasteiger partial charge in [-0.15, -0.1) is 0 Å². The van der Waals surface area contributed by atoms with Crippen LogP contribution in [0.4, 0.5) is 0 Å².